The molecular weight excluding hydrogens is 276 g/mol. The summed E-state index contributed by atoms with van der Waals surface area (Å²) in [7, 11) is 1.71. The maximum atomic E-state index is 11.3. The van der Waals surface area contributed by atoms with E-state index >= 15 is 0 Å². The number of carbonyl (C=O) groups is 1. The Labute approximate surface area is 121 Å². The molecule has 0 spiro atoms. The number of halogens is 1. The second-order valence-electron chi connectivity index (χ2n) is 4.16. The molecule has 0 aliphatic heterocycles. The fraction of sp³-hybridized carbons (Fsp3) is 0.0667. The highest BCUT2D eigenvalue weighted by Crippen LogP contribution is 2.34. The molecule has 0 aromatic heterocycles. The van der Waals surface area contributed by atoms with E-state index in [9.17, 15) is 9.90 Å². The maximum absolute atomic E-state index is 11.3. The molecule has 5 heteroatoms. The van der Waals surface area contributed by atoms with Gasteiger partial charge in [-0.3, -0.25) is 0 Å². The van der Waals surface area contributed by atoms with Gasteiger partial charge in [0.15, 0.2) is 0 Å². The fourth-order valence-electron chi connectivity index (χ4n) is 1.94. The first-order valence-electron chi connectivity index (χ1n) is 5.80. The zero-order valence-electron chi connectivity index (χ0n) is 10.7. The van der Waals surface area contributed by atoms with Crippen LogP contribution in [0.1, 0.15) is 15.9 Å². The fourth-order valence-corrected chi connectivity index (χ4v) is 2.24. The highest BCUT2D eigenvalue weighted by atomic mass is 35.5. The molecule has 0 aliphatic rings. The van der Waals surface area contributed by atoms with Crippen LogP contribution in [0.15, 0.2) is 42.5 Å². The quantitative estimate of drug-likeness (QED) is 0.935. The molecule has 0 amide bonds. The maximum Gasteiger partial charge on any atom is 0.337 e. The Morgan fingerprint density at radius 2 is 2.00 bits per heavy atom. The van der Waals surface area contributed by atoms with E-state index in [1.807, 2.05) is 6.07 Å². The predicted molar refractivity (Wildman–Crippen MR) is 77.6 cm³/mol. The third-order valence-electron chi connectivity index (χ3n) is 2.92. The molecule has 100 valence electrons. The van der Waals surface area contributed by atoms with Gasteiger partial charge in [-0.15, -0.1) is 0 Å². The second kappa shape index (κ2) is 5.64. The van der Waals surface area contributed by atoms with Crippen molar-refractivity contribution in [3.63, 3.8) is 0 Å². The number of hydrogen-bond acceptors (Lipinski definition) is 3. The van der Waals surface area contributed by atoms with Crippen LogP contribution in [0.2, 0.25) is 5.02 Å². The molecule has 2 rings (SSSR count). The molecule has 0 bridgehead atoms. The summed E-state index contributed by atoms with van der Waals surface area (Å²) in [5.74, 6) is -1.05. The monoisotopic (exact) mass is 286 g/mol. The van der Waals surface area contributed by atoms with Crippen molar-refractivity contribution in [3.05, 3.63) is 58.6 Å². The van der Waals surface area contributed by atoms with E-state index in [1.54, 1.807) is 48.3 Å². The Kier molecular flexibility index (Phi) is 3.92. The van der Waals surface area contributed by atoms with Crippen LogP contribution in [0, 0.1) is 11.3 Å². The summed E-state index contributed by atoms with van der Waals surface area (Å²) >= 11 is 6.12. The molecule has 2 aromatic carbocycles. The van der Waals surface area contributed by atoms with Gasteiger partial charge in [-0.2, -0.15) is 5.26 Å². The van der Waals surface area contributed by atoms with Crippen LogP contribution in [0.3, 0.4) is 0 Å². The number of hydrogen-bond donors (Lipinski definition) is 1. The third kappa shape index (κ3) is 2.58. The van der Waals surface area contributed by atoms with Crippen molar-refractivity contribution >= 4 is 28.9 Å². The normalized spacial score (nSPS) is 9.85. The third-order valence-corrected chi connectivity index (χ3v) is 3.22. The van der Waals surface area contributed by atoms with Gasteiger partial charge in [0.05, 0.1) is 27.9 Å². The highest BCUT2D eigenvalue weighted by Gasteiger charge is 2.17. The summed E-state index contributed by atoms with van der Waals surface area (Å²) in [6, 6.07) is 13.7. The lowest BCUT2D eigenvalue weighted by molar-refractivity contribution is 0.0697. The molecule has 0 aliphatic carbocycles. The number of carboxylic acids is 1. The van der Waals surface area contributed by atoms with Gasteiger partial charge in [0.25, 0.3) is 0 Å². The number of aromatic carboxylic acids is 1. The molecular formula is C15H11ClN2O2. The van der Waals surface area contributed by atoms with Gasteiger partial charge in [0.2, 0.25) is 0 Å². The van der Waals surface area contributed by atoms with E-state index in [4.69, 9.17) is 16.9 Å². The number of benzene rings is 2. The largest absolute Gasteiger partial charge is 0.478 e. The van der Waals surface area contributed by atoms with Crippen molar-refractivity contribution < 1.29 is 9.90 Å². The topological polar surface area (TPSA) is 64.3 Å². The SMILES string of the molecule is CN(c1cccc(C#N)c1)c1c(Cl)cccc1C(=O)O. The van der Waals surface area contributed by atoms with E-state index in [1.165, 1.54) is 6.07 Å². The first-order chi connectivity index (χ1) is 9.54. The Morgan fingerprint density at radius 3 is 2.65 bits per heavy atom. The summed E-state index contributed by atoms with van der Waals surface area (Å²) in [4.78, 5) is 13.0. The van der Waals surface area contributed by atoms with E-state index < -0.39 is 5.97 Å². The Bertz CT molecular complexity index is 707. The minimum Gasteiger partial charge on any atom is -0.478 e. The van der Waals surface area contributed by atoms with Gasteiger partial charge >= 0.3 is 5.97 Å². The number of carboxylic acid groups (broad SMARTS) is 1. The molecule has 0 radical (unpaired) electrons. The molecule has 0 atom stereocenters. The van der Waals surface area contributed by atoms with Crippen molar-refractivity contribution in [3.8, 4) is 6.07 Å². The van der Waals surface area contributed by atoms with Gasteiger partial charge in [-0.25, -0.2) is 4.79 Å². The number of para-hydroxylation sites is 1. The smallest absolute Gasteiger partial charge is 0.337 e. The van der Waals surface area contributed by atoms with Gasteiger partial charge in [0.1, 0.15) is 0 Å². The summed E-state index contributed by atoms with van der Waals surface area (Å²) < 4.78 is 0. The number of nitrogens with zero attached hydrogens (tertiary/aromatic N) is 2. The lowest BCUT2D eigenvalue weighted by Crippen LogP contribution is -2.14. The second-order valence-corrected chi connectivity index (χ2v) is 4.57. The molecule has 0 heterocycles. The van der Waals surface area contributed by atoms with Crippen molar-refractivity contribution in [2.75, 3.05) is 11.9 Å². The zero-order chi connectivity index (χ0) is 14.7. The molecule has 0 saturated heterocycles. The van der Waals surface area contributed by atoms with Crippen LogP contribution >= 0.6 is 11.6 Å². The van der Waals surface area contributed by atoms with Crippen LogP contribution in [0.4, 0.5) is 11.4 Å². The van der Waals surface area contributed by atoms with E-state index in [-0.39, 0.29) is 5.56 Å². The lowest BCUT2D eigenvalue weighted by Gasteiger charge is -2.22. The standard InChI is InChI=1S/C15H11ClN2O2/c1-18(11-5-2-4-10(8-11)9-17)14-12(15(19)20)6-3-7-13(14)16/h2-8H,1H3,(H,19,20). The number of nitriles is 1. The first-order valence-corrected chi connectivity index (χ1v) is 6.18. The highest BCUT2D eigenvalue weighted by molar-refractivity contribution is 6.34. The molecule has 0 saturated carbocycles. The molecule has 0 unspecified atom stereocenters. The molecule has 4 nitrogen and oxygen atoms in total. The predicted octanol–water partition coefficient (Wildman–Crippen LogP) is 3.68. The van der Waals surface area contributed by atoms with Gasteiger partial charge in [-0.05, 0) is 30.3 Å². The number of anilines is 2. The average Bonchev–Trinajstić information content (AvgIpc) is 2.46. The summed E-state index contributed by atoms with van der Waals surface area (Å²) in [6.45, 7) is 0. The van der Waals surface area contributed by atoms with Gasteiger partial charge in [-0.1, -0.05) is 23.7 Å². The van der Waals surface area contributed by atoms with E-state index in [0.717, 1.165) is 0 Å². The molecule has 1 N–H and O–H groups in total. The lowest BCUT2D eigenvalue weighted by atomic mass is 10.1. The van der Waals surface area contributed by atoms with Crippen LogP contribution in [-0.2, 0) is 0 Å². The van der Waals surface area contributed by atoms with Crippen molar-refractivity contribution in [2.24, 2.45) is 0 Å². The Morgan fingerprint density at radius 1 is 1.30 bits per heavy atom. The van der Waals surface area contributed by atoms with Crippen LogP contribution < -0.4 is 4.90 Å². The van der Waals surface area contributed by atoms with Crippen LogP contribution in [-0.4, -0.2) is 18.1 Å². The minimum absolute atomic E-state index is 0.113. The summed E-state index contributed by atoms with van der Waals surface area (Å²) in [6.07, 6.45) is 0. The average molecular weight is 287 g/mol. The van der Waals surface area contributed by atoms with E-state index in [0.29, 0.717) is 22.0 Å². The minimum atomic E-state index is -1.05. The van der Waals surface area contributed by atoms with Crippen LogP contribution in [0.25, 0.3) is 0 Å². The number of rotatable bonds is 3. The molecule has 20 heavy (non-hydrogen) atoms. The molecule has 0 fully saturated rings. The first kappa shape index (κ1) is 13.9. The zero-order valence-corrected chi connectivity index (χ0v) is 11.4. The summed E-state index contributed by atoms with van der Waals surface area (Å²) in [5.41, 5.74) is 1.71. The Balaban J connectivity index is 2.56. The summed E-state index contributed by atoms with van der Waals surface area (Å²) in [5, 5.41) is 18.5. The van der Waals surface area contributed by atoms with Crippen molar-refractivity contribution in [1.29, 1.82) is 5.26 Å². The van der Waals surface area contributed by atoms with Gasteiger partial charge in [0, 0.05) is 12.7 Å². The Hall–Kier alpha value is -2.51. The van der Waals surface area contributed by atoms with Crippen molar-refractivity contribution in [2.45, 2.75) is 0 Å². The van der Waals surface area contributed by atoms with Crippen molar-refractivity contribution in [1.82, 2.24) is 0 Å². The molecule has 2 aromatic rings. The van der Waals surface area contributed by atoms with Gasteiger partial charge < -0.3 is 10.0 Å². The van der Waals surface area contributed by atoms with Crippen LogP contribution in [0.5, 0.6) is 0 Å². The van der Waals surface area contributed by atoms with E-state index in [2.05, 4.69) is 0 Å².